The van der Waals surface area contributed by atoms with Crippen LogP contribution in [-0.2, 0) is 13.0 Å². The third-order valence-corrected chi connectivity index (χ3v) is 3.71. The van der Waals surface area contributed by atoms with Gasteiger partial charge in [0.1, 0.15) is 10.7 Å². The Morgan fingerprint density at radius 1 is 1.38 bits per heavy atom. The molecular weight excluding hydrogens is 242 g/mol. The predicted molar refractivity (Wildman–Crippen MR) is 64.9 cm³/mol. The van der Waals surface area contributed by atoms with Crippen LogP contribution in [0.25, 0.3) is 0 Å². The third-order valence-electron chi connectivity index (χ3n) is 2.02. The molecule has 2 N–H and O–H groups in total. The molecule has 0 fully saturated rings. The number of carbonyl (C=O) groups excluding carboxylic acids is 1. The summed E-state index contributed by atoms with van der Waals surface area (Å²) in [6.45, 7) is 2.31. The van der Waals surface area contributed by atoms with Gasteiger partial charge in [-0.1, -0.05) is 0 Å². The van der Waals surface area contributed by atoms with E-state index in [9.17, 15) is 4.79 Å². The minimum Gasteiger partial charge on any atom is -0.325 e. The molecule has 0 bridgehead atoms. The number of nitrogens with zero attached hydrogens (tertiary/aromatic N) is 2. The van der Waals surface area contributed by atoms with E-state index in [-0.39, 0.29) is 5.78 Å². The fourth-order valence-electron chi connectivity index (χ4n) is 1.28. The van der Waals surface area contributed by atoms with E-state index in [1.807, 2.05) is 12.3 Å². The first kappa shape index (κ1) is 11.4. The van der Waals surface area contributed by atoms with E-state index < -0.39 is 0 Å². The van der Waals surface area contributed by atoms with Gasteiger partial charge in [-0.25, -0.2) is 9.97 Å². The SMILES string of the molecule is Cc1nc(CC(=O)c2csc(CN)n2)cs1. The van der Waals surface area contributed by atoms with Crippen molar-refractivity contribution in [2.45, 2.75) is 19.9 Å². The lowest BCUT2D eigenvalue weighted by atomic mass is 10.2. The number of carbonyl (C=O) groups is 1. The highest BCUT2D eigenvalue weighted by molar-refractivity contribution is 7.10. The van der Waals surface area contributed by atoms with Gasteiger partial charge in [0.15, 0.2) is 5.78 Å². The largest absolute Gasteiger partial charge is 0.325 e. The molecule has 6 heteroatoms. The summed E-state index contributed by atoms with van der Waals surface area (Å²) in [6.07, 6.45) is 0.318. The topological polar surface area (TPSA) is 68.9 Å². The van der Waals surface area contributed by atoms with Crippen LogP contribution >= 0.6 is 22.7 Å². The van der Waals surface area contributed by atoms with Gasteiger partial charge in [-0.2, -0.15) is 0 Å². The molecule has 84 valence electrons. The van der Waals surface area contributed by atoms with Crippen LogP contribution in [0.5, 0.6) is 0 Å². The fraction of sp³-hybridized carbons (Fsp3) is 0.300. The van der Waals surface area contributed by atoms with Crippen molar-refractivity contribution in [3.63, 3.8) is 0 Å². The number of aryl methyl sites for hydroxylation is 1. The monoisotopic (exact) mass is 253 g/mol. The smallest absolute Gasteiger partial charge is 0.188 e. The number of thiazole rings is 2. The quantitative estimate of drug-likeness (QED) is 0.843. The lowest BCUT2D eigenvalue weighted by molar-refractivity contribution is 0.0988. The van der Waals surface area contributed by atoms with Crippen LogP contribution in [0, 0.1) is 6.92 Å². The average Bonchev–Trinajstić information content (AvgIpc) is 2.87. The van der Waals surface area contributed by atoms with Gasteiger partial charge in [-0.15, -0.1) is 22.7 Å². The second kappa shape index (κ2) is 4.82. The van der Waals surface area contributed by atoms with Gasteiger partial charge < -0.3 is 5.73 Å². The molecule has 0 saturated heterocycles. The van der Waals surface area contributed by atoms with Crippen LogP contribution in [0.1, 0.15) is 26.2 Å². The van der Waals surface area contributed by atoms with Crippen LogP contribution in [0.4, 0.5) is 0 Å². The molecule has 0 radical (unpaired) electrons. The van der Waals surface area contributed by atoms with E-state index in [2.05, 4.69) is 9.97 Å². The molecule has 0 aliphatic heterocycles. The fourth-order valence-corrected chi connectivity index (χ4v) is 2.57. The van der Waals surface area contributed by atoms with E-state index in [1.54, 1.807) is 16.7 Å². The van der Waals surface area contributed by atoms with Crippen LogP contribution in [0.2, 0.25) is 0 Å². The van der Waals surface area contributed by atoms with E-state index >= 15 is 0 Å². The van der Waals surface area contributed by atoms with Crippen molar-refractivity contribution >= 4 is 28.5 Å². The summed E-state index contributed by atoms with van der Waals surface area (Å²) in [5.41, 5.74) is 6.76. The molecular formula is C10H11N3OS2. The zero-order valence-corrected chi connectivity index (χ0v) is 10.4. The Morgan fingerprint density at radius 2 is 2.19 bits per heavy atom. The average molecular weight is 253 g/mol. The molecule has 0 saturated carbocycles. The molecule has 0 atom stereocenters. The lowest BCUT2D eigenvalue weighted by Crippen LogP contribution is -2.05. The number of ketones is 1. The Labute approximate surface area is 101 Å². The molecule has 0 aromatic carbocycles. The zero-order chi connectivity index (χ0) is 11.5. The van der Waals surface area contributed by atoms with Gasteiger partial charge in [-0.05, 0) is 6.92 Å². The molecule has 0 unspecified atom stereocenters. The molecule has 0 aliphatic rings. The third kappa shape index (κ3) is 2.52. The van der Waals surface area contributed by atoms with Crippen LogP contribution < -0.4 is 5.73 Å². The number of rotatable bonds is 4. The van der Waals surface area contributed by atoms with Crippen molar-refractivity contribution in [1.82, 2.24) is 9.97 Å². The molecule has 2 heterocycles. The normalized spacial score (nSPS) is 10.6. The predicted octanol–water partition coefficient (Wildman–Crippen LogP) is 1.79. The van der Waals surface area contributed by atoms with Crippen LogP contribution in [0.15, 0.2) is 10.8 Å². The van der Waals surface area contributed by atoms with Gasteiger partial charge in [-0.3, -0.25) is 4.79 Å². The molecule has 0 amide bonds. The number of hydrogen-bond acceptors (Lipinski definition) is 6. The maximum Gasteiger partial charge on any atom is 0.188 e. The van der Waals surface area contributed by atoms with E-state index in [0.29, 0.717) is 18.7 Å². The summed E-state index contributed by atoms with van der Waals surface area (Å²) in [6, 6.07) is 0. The van der Waals surface area contributed by atoms with E-state index in [1.165, 1.54) is 11.3 Å². The van der Waals surface area contributed by atoms with Gasteiger partial charge in [0.25, 0.3) is 0 Å². The first-order valence-electron chi connectivity index (χ1n) is 4.77. The second-order valence-corrected chi connectivity index (χ2v) is 5.29. The first-order valence-corrected chi connectivity index (χ1v) is 6.53. The summed E-state index contributed by atoms with van der Waals surface area (Å²) < 4.78 is 0. The zero-order valence-electron chi connectivity index (χ0n) is 8.77. The van der Waals surface area contributed by atoms with Gasteiger partial charge in [0.2, 0.25) is 0 Å². The van der Waals surface area contributed by atoms with Crippen molar-refractivity contribution in [3.05, 3.63) is 32.2 Å². The first-order chi connectivity index (χ1) is 7.69. The number of hydrogen-bond donors (Lipinski definition) is 1. The highest BCUT2D eigenvalue weighted by Gasteiger charge is 2.12. The van der Waals surface area contributed by atoms with Crippen molar-refractivity contribution in [1.29, 1.82) is 0 Å². The molecule has 16 heavy (non-hydrogen) atoms. The highest BCUT2D eigenvalue weighted by Crippen LogP contribution is 2.13. The van der Waals surface area contributed by atoms with Crippen LogP contribution in [0.3, 0.4) is 0 Å². The minimum absolute atomic E-state index is 0.00116. The van der Waals surface area contributed by atoms with E-state index in [0.717, 1.165) is 15.7 Å². The Hall–Kier alpha value is -1.11. The summed E-state index contributed by atoms with van der Waals surface area (Å²) in [5, 5.41) is 5.43. The summed E-state index contributed by atoms with van der Waals surface area (Å²) >= 11 is 2.97. The summed E-state index contributed by atoms with van der Waals surface area (Å²) in [4.78, 5) is 20.2. The molecule has 4 nitrogen and oxygen atoms in total. The minimum atomic E-state index is 0.00116. The number of Topliss-reactive ketones (excluding diaryl/α,β-unsaturated/α-hetero) is 1. The Morgan fingerprint density at radius 3 is 2.75 bits per heavy atom. The van der Waals surface area contributed by atoms with Crippen molar-refractivity contribution in [2.24, 2.45) is 5.73 Å². The van der Waals surface area contributed by atoms with Gasteiger partial charge in [0.05, 0.1) is 17.1 Å². The Balaban J connectivity index is 2.08. The molecule has 0 aliphatic carbocycles. The van der Waals surface area contributed by atoms with Crippen LogP contribution in [-0.4, -0.2) is 15.8 Å². The Bertz CT molecular complexity index is 504. The standard InChI is InChI=1S/C10H11N3OS2/c1-6-12-7(4-15-6)2-9(14)8-5-16-10(3-11)13-8/h4-5H,2-3,11H2,1H3. The van der Waals surface area contributed by atoms with Crippen molar-refractivity contribution < 1.29 is 4.79 Å². The van der Waals surface area contributed by atoms with E-state index in [4.69, 9.17) is 5.73 Å². The summed E-state index contributed by atoms with van der Waals surface area (Å²) in [5.74, 6) is 0.00116. The van der Waals surface area contributed by atoms with Gasteiger partial charge in [0, 0.05) is 17.3 Å². The molecule has 2 aromatic heterocycles. The van der Waals surface area contributed by atoms with Crippen molar-refractivity contribution in [2.75, 3.05) is 0 Å². The molecule has 2 aromatic rings. The number of aromatic nitrogens is 2. The molecule has 0 spiro atoms. The maximum atomic E-state index is 11.8. The van der Waals surface area contributed by atoms with Gasteiger partial charge >= 0.3 is 0 Å². The molecule has 2 rings (SSSR count). The second-order valence-electron chi connectivity index (χ2n) is 3.29. The number of nitrogens with two attached hydrogens (primary N) is 1. The summed E-state index contributed by atoms with van der Waals surface area (Å²) in [7, 11) is 0. The van der Waals surface area contributed by atoms with Crippen molar-refractivity contribution in [3.8, 4) is 0 Å². The lowest BCUT2D eigenvalue weighted by Gasteiger charge is -1.93. The maximum absolute atomic E-state index is 11.8. The Kier molecular flexibility index (Phi) is 3.42. The highest BCUT2D eigenvalue weighted by atomic mass is 32.1.